The number of fused-ring (bicyclic) bond motifs is 1. The molecule has 0 bridgehead atoms. The summed E-state index contributed by atoms with van der Waals surface area (Å²) in [7, 11) is 0. The molecule has 0 aromatic rings. The van der Waals surface area contributed by atoms with E-state index in [0.717, 1.165) is 11.8 Å². The third kappa shape index (κ3) is 2.92. The second kappa shape index (κ2) is 6.80. The molecule has 1 radical (unpaired) electrons. The summed E-state index contributed by atoms with van der Waals surface area (Å²) in [5.74, 6) is 2.19. The van der Waals surface area contributed by atoms with E-state index in [9.17, 15) is 0 Å². The fourth-order valence-corrected chi connectivity index (χ4v) is 4.15. The van der Waals surface area contributed by atoms with Gasteiger partial charge in [0.05, 0.1) is 0 Å². The van der Waals surface area contributed by atoms with Gasteiger partial charge in [-0.3, -0.25) is 0 Å². The SMILES string of the molecule is CC1(C)C=CC(C)(C2C=CC=C2)C2CC[CH-]C21.[CH3-].[CH3-].[Ti+3]. The number of allylic oxidation sites excluding steroid dienone is 6. The molecule has 3 rings (SSSR count). The predicted octanol–water partition coefficient (Wildman–Crippen LogP) is 5.46. The van der Waals surface area contributed by atoms with Crippen molar-refractivity contribution >= 4 is 0 Å². The van der Waals surface area contributed by atoms with Gasteiger partial charge in [-0.1, -0.05) is 69.6 Å². The normalized spacial score (nSPS) is 36.8. The van der Waals surface area contributed by atoms with E-state index in [2.05, 4.69) is 63.6 Å². The Morgan fingerprint density at radius 3 is 2.20 bits per heavy atom. The van der Waals surface area contributed by atoms with Crippen LogP contribution in [0, 0.1) is 49.9 Å². The Kier molecular flexibility index (Phi) is 6.77. The molecule has 0 saturated heterocycles. The van der Waals surface area contributed by atoms with E-state index < -0.39 is 0 Å². The summed E-state index contributed by atoms with van der Waals surface area (Å²) in [6, 6.07) is 0. The molecule has 3 atom stereocenters. The molecule has 0 heterocycles. The van der Waals surface area contributed by atoms with Crippen LogP contribution in [-0.4, -0.2) is 0 Å². The first-order valence-electron chi connectivity index (χ1n) is 6.93. The zero-order chi connectivity index (χ0) is 12.1. The minimum absolute atomic E-state index is 0. The van der Waals surface area contributed by atoms with Gasteiger partial charge in [-0.25, -0.2) is 0 Å². The van der Waals surface area contributed by atoms with Crippen molar-refractivity contribution in [3.8, 4) is 0 Å². The van der Waals surface area contributed by atoms with Gasteiger partial charge in [0.1, 0.15) is 0 Å². The quantitative estimate of drug-likeness (QED) is 0.343. The molecule has 3 aliphatic rings. The van der Waals surface area contributed by atoms with Gasteiger partial charge in [0.2, 0.25) is 0 Å². The molecule has 0 aromatic carbocycles. The summed E-state index contributed by atoms with van der Waals surface area (Å²) in [5.41, 5.74) is 0.684. The van der Waals surface area contributed by atoms with Crippen molar-refractivity contribution in [1.82, 2.24) is 0 Å². The summed E-state index contributed by atoms with van der Waals surface area (Å²) < 4.78 is 0. The average molecular weight is 305 g/mol. The Balaban J connectivity index is 0.00000120. The fraction of sp³-hybridized carbons (Fsp3) is 0.526. The summed E-state index contributed by atoms with van der Waals surface area (Å²) in [6.07, 6.45) is 19.4. The van der Waals surface area contributed by atoms with Crippen LogP contribution in [-0.2, 0) is 21.7 Å². The van der Waals surface area contributed by atoms with E-state index in [-0.39, 0.29) is 36.6 Å². The number of rotatable bonds is 1. The Morgan fingerprint density at radius 2 is 1.60 bits per heavy atom. The fourth-order valence-electron chi connectivity index (χ4n) is 4.15. The molecule has 20 heavy (non-hydrogen) atoms. The number of hydrogen-bond donors (Lipinski definition) is 0. The average Bonchev–Trinajstić information content (AvgIpc) is 2.94. The van der Waals surface area contributed by atoms with Crippen molar-refractivity contribution in [2.45, 2.75) is 33.6 Å². The standard InChI is InChI=1S/C17H23.2CH3.Ti/c1-16(2)11-12-17(3,13-7-4-5-8-13)15-10-6-9-14(15)16;;;/h4-5,7-9,11-15H,6,10H2,1-3H3;2*1H3;/q3*-1;+3. The molecular formula is C19H29Ti. The van der Waals surface area contributed by atoms with Gasteiger partial charge in [0, 0.05) is 5.92 Å². The molecule has 0 aromatic heterocycles. The minimum atomic E-state index is 0. The maximum atomic E-state index is 2.58. The van der Waals surface area contributed by atoms with Crippen molar-refractivity contribution in [3.05, 3.63) is 57.7 Å². The maximum Gasteiger partial charge on any atom is 3.00 e. The second-order valence-corrected chi connectivity index (χ2v) is 6.76. The molecule has 1 fully saturated rings. The first-order valence-corrected chi connectivity index (χ1v) is 6.93. The van der Waals surface area contributed by atoms with Crippen LogP contribution in [0.1, 0.15) is 33.6 Å². The second-order valence-electron chi connectivity index (χ2n) is 6.76. The van der Waals surface area contributed by atoms with E-state index in [1.807, 2.05) is 0 Å². The van der Waals surface area contributed by atoms with E-state index >= 15 is 0 Å². The zero-order valence-corrected chi connectivity index (χ0v) is 15.2. The molecule has 0 N–H and O–H groups in total. The first kappa shape index (κ1) is 19.9. The van der Waals surface area contributed by atoms with Crippen LogP contribution in [0.2, 0.25) is 0 Å². The van der Waals surface area contributed by atoms with Gasteiger partial charge in [-0.05, 0) is 10.8 Å². The van der Waals surface area contributed by atoms with Gasteiger partial charge in [-0.15, -0.1) is 0 Å². The van der Waals surface area contributed by atoms with E-state index in [1.54, 1.807) is 0 Å². The first-order chi connectivity index (χ1) is 8.04. The predicted molar refractivity (Wildman–Crippen MR) is 86.1 cm³/mol. The largest absolute Gasteiger partial charge is 3.00 e. The molecule has 0 aliphatic heterocycles. The van der Waals surface area contributed by atoms with Crippen molar-refractivity contribution in [1.29, 1.82) is 0 Å². The molecule has 109 valence electrons. The minimum Gasteiger partial charge on any atom is -0.358 e. The van der Waals surface area contributed by atoms with Gasteiger partial charge < -0.3 is 21.3 Å². The van der Waals surface area contributed by atoms with Gasteiger partial charge in [-0.2, -0.15) is 12.3 Å². The van der Waals surface area contributed by atoms with Crippen LogP contribution in [0.5, 0.6) is 0 Å². The Hall–Kier alpha value is -0.0657. The Labute approximate surface area is 141 Å². The van der Waals surface area contributed by atoms with Crippen LogP contribution < -0.4 is 0 Å². The van der Waals surface area contributed by atoms with Crippen LogP contribution in [0.3, 0.4) is 0 Å². The van der Waals surface area contributed by atoms with E-state index in [0.29, 0.717) is 16.7 Å². The van der Waals surface area contributed by atoms with Crippen molar-refractivity contribution in [2.24, 2.45) is 28.6 Å². The molecule has 0 amide bonds. The van der Waals surface area contributed by atoms with E-state index in [1.165, 1.54) is 12.8 Å². The monoisotopic (exact) mass is 305 g/mol. The van der Waals surface area contributed by atoms with Gasteiger partial charge in [0.15, 0.2) is 0 Å². The summed E-state index contributed by atoms with van der Waals surface area (Å²) in [6.45, 7) is 7.24. The van der Waals surface area contributed by atoms with Crippen LogP contribution in [0.4, 0.5) is 0 Å². The molecule has 0 nitrogen and oxygen atoms in total. The third-order valence-electron chi connectivity index (χ3n) is 5.33. The van der Waals surface area contributed by atoms with E-state index in [4.69, 9.17) is 0 Å². The third-order valence-corrected chi connectivity index (χ3v) is 5.33. The number of hydrogen-bond acceptors (Lipinski definition) is 0. The Morgan fingerprint density at radius 1 is 1.00 bits per heavy atom. The van der Waals surface area contributed by atoms with Crippen LogP contribution in [0.25, 0.3) is 0 Å². The molecule has 0 spiro atoms. The smallest absolute Gasteiger partial charge is 0.358 e. The summed E-state index contributed by atoms with van der Waals surface area (Å²) in [5, 5.41) is 0. The Bertz CT molecular complexity index is 390. The maximum absolute atomic E-state index is 2.58. The zero-order valence-electron chi connectivity index (χ0n) is 13.7. The van der Waals surface area contributed by atoms with Crippen molar-refractivity contribution in [2.75, 3.05) is 0 Å². The van der Waals surface area contributed by atoms with Crippen LogP contribution in [0.15, 0.2) is 36.5 Å². The van der Waals surface area contributed by atoms with Crippen molar-refractivity contribution < 1.29 is 21.7 Å². The molecule has 3 aliphatic carbocycles. The van der Waals surface area contributed by atoms with Crippen molar-refractivity contribution in [3.63, 3.8) is 0 Å². The molecule has 1 heteroatoms. The van der Waals surface area contributed by atoms with Gasteiger partial charge >= 0.3 is 21.7 Å². The molecule has 3 unspecified atom stereocenters. The van der Waals surface area contributed by atoms with Gasteiger partial charge in [0.25, 0.3) is 0 Å². The molecule has 1 saturated carbocycles. The summed E-state index contributed by atoms with van der Waals surface area (Å²) >= 11 is 0. The molecular weight excluding hydrogens is 276 g/mol. The topological polar surface area (TPSA) is 0 Å². The summed E-state index contributed by atoms with van der Waals surface area (Å²) in [4.78, 5) is 0. The van der Waals surface area contributed by atoms with Crippen LogP contribution >= 0.6 is 0 Å².